The van der Waals surface area contributed by atoms with Gasteiger partial charge in [0.25, 0.3) is 0 Å². The minimum Gasteiger partial charge on any atom is -0.473 e. The van der Waals surface area contributed by atoms with E-state index in [1.165, 1.54) is 0 Å². The maximum Gasteiger partial charge on any atom is 0.373 e. The van der Waals surface area contributed by atoms with E-state index in [2.05, 4.69) is 15.3 Å². The fraction of sp³-hybridized carbons (Fsp3) is 0.714. The molecular formula is C14H24N6O5S. The molecule has 0 unspecified atom stereocenters. The highest BCUT2D eigenvalue weighted by atomic mass is 32.3. The third-order valence-corrected chi connectivity index (χ3v) is 6.03. The lowest BCUT2D eigenvalue weighted by atomic mass is 10.3. The Hall–Kier alpha value is -1.89. The van der Waals surface area contributed by atoms with Crippen molar-refractivity contribution in [3.8, 4) is 5.88 Å². The third-order valence-electron chi connectivity index (χ3n) is 4.36. The van der Waals surface area contributed by atoms with Crippen molar-refractivity contribution in [2.24, 2.45) is 0 Å². The number of nitrogens with zero attached hydrogens (tertiary/aromatic N) is 5. The monoisotopic (exact) mass is 388 g/mol. The normalized spacial score (nSPS) is 21.3. The molecule has 0 amide bonds. The molecule has 3 N–H and O–H groups in total. The van der Waals surface area contributed by atoms with Crippen LogP contribution in [0.4, 0.5) is 17.5 Å². The van der Waals surface area contributed by atoms with Crippen molar-refractivity contribution in [1.82, 2.24) is 15.3 Å². The van der Waals surface area contributed by atoms with Crippen molar-refractivity contribution in [2.75, 3.05) is 67.2 Å². The van der Waals surface area contributed by atoms with Gasteiger partial charge in [-0.2, -0.15) is 20.6 Å². The van der Waals surface area contributed by atoms with Gasteiger partial charge >= 0.3 is 11.6 Å². The van der Waals surface area contributed by atoms with E-state index in [1.807, 2.05) is 4.90 Å². The number of hydrogen-bond donors (Lipinski definition) is 3. The van der Waals surface area contributed by atoms with E-state index in [9.17, 15) is 19.2 Å². The van der Waals surface area contributed by atoms with Crippen molar-refractivity contribution in [1.29, 1.82) is 0 Å². The fourth-order valence-corrected chi connectivity index (χ4v) is 4.20. The third kappa shape index (κ3) is 4.09. The molecule has 0 atom stereocenters. The Morgan fingerprint density at radius 3 is 2.42 bits per heavy atom. The van der Waals surface area contributed by atoms with Crippen LogP contribution >= 0.6 is 10.6 Å². The van der Waals surface area contributed by atoms with Crippen LogP contribution in [-0.4, -0.2) is 81.4 Å². The summed E-state index contributed by atoms with van der Waals surface area (Å²) in [4.78, 5) is 23.6. The second-order valence-electron chi connectivity index (χ2n) is 6.13. The highest BCUT2D eigenvalue weighted by Crippen LogP contribution is 2.43. The summed E-state index contributed by atoms with van der Waals surface area (Å²) in [6, 6.07) is 0. The quantitative estimate of drug-likeness (QED) is 0.490. The summed E-state index contributed by atoms with van der Waals surface area (Å²) in [6.45, 7) is 5.52. The Labute approximate surface area is 152 Å². The van der Waals surface area contributed by atoms with Crippen molar-refractivity contribution in [3.05, 3.63) is 10.1 Å². The first-order chi connectivity index (χ1) is 12.4. The van der Waals surface area contributed by atoms with Gasteiger partial charge in [0.1, 0.15) is 0 Å². The smallest absolute Gasteiger partial charge is 0.373 e. The van der Waals surface area contributed by atoms with Crippen molar-refractivity contribution in [2.45, 2.75) is 6.92 Å². The molecule has 0 radical (unpaired) electrons. The molecule has 0 aliphatic carbocycles. The zero-order chi connectivity index (χ0) is 18.7. The number of hydrogen-bond acceptors (Lipinski definition) is 10. The van der Waals surface area contributed by atoms with Gasteiger partial charge < -0.3 is 19.9 Å². The van der Waals surface area contributed by atoms with Crippen LogP contribution in [-0.2, 0) is 0 Å². The summed E-state index contributed by atoms with van der Waals surface area (Å²) >= 11 is 0. The first-order valence-corrected chi connectivity index (χ1v) is 10.4. The van der Waals surface area contributed by atoms with Gasteiger partial charge in [-0.05, 0) is 6.92 Å². The molecule has 0 spiro atoms. The summed E-state index contributed by atoms with van der Waals surface area (Å²) < 4.78 is 25.1. The molecule has 2 fully saturated rings. The predicted molar refractivity (Wildman–Crippen MR) is 99.7 cm³/mol. The first kappa shape index (κ1) is 18.9. The highest BCUT2D eigenvalue weighted by Gasteiger charge is 2.34. The molecule has 3 rings (SSSR count). The van der Waals surface area contributed by atoms with E-state index in [1.54, 1.807) is 11.8 Å². The lowest BCUT2D eigenvalue weighted by Crippen LogP contribution is -2.44. The van der Waals surface area contributed by atoms with Crippen molar-refractivity contribution >= 4 is 28.0 Å². The van der Waals surface area contributed by atoms with Crippen LogP contribution in [0, 0.1) is 10.1 Å². The molecule has 1 aromatic rings. The van der Waals surface area contributed by atoms with E-state index >= 15 is 0 Å². The van der Waals surface area contributed by atoms with E-state index in [0.29, 0.717) is 19.0 Å². The largest absolute Gasteiger partial charge is 0.473 e. The Bertz CT molecular complexity index is 659. The molecular weight excluding hydrogens is 364 g/mol. The minimum absolute atomic E-state index is 0.0480. The molecule has 26 heavy (non-hydrogen) atoms. The van der Waals surface area contributed by atoms with Crippen molar-refractivity contribution < 1.29 is 18.8 Å². The Morgan fingerprint density at radius 1 is 1.19 bits per heavy atom. The van der Waals surface area contributed by atoms with Crippen LogP contribution in [0.5, 0.6) is 5.88 Å². The Kier molecular flexibility index (Phi) is 5.65. The predicted octanol–water partition coefficient (Wildman–Crippen LogP) is 0.764. The van der Waals surface area contributed by atoms with Crippen LogP contribution in [0.15, 0.2) is 0 Å². The van der Waals surface area contributed by atoms with Crippen LogP contribution in [0.1, 0.15) is 6.92 Å². The lowest BCUT2D eigenvalue weighted by molar-refractivity contribution is -0.385. The second-order valence-corrected chi connectivity index (χ2v) is 8.55. The molecule has 1 aromatic heterocycles. The summed E-state index contributed by atoms with van der Waals surface area (Å²) in [5, 5.41) is 14.9. The van der Waals surface area contributed by atoms with Crippen LogP contribution < -0.4 is 19.9 Å². The van der Waals surface area contributed by atoms with E-state index in [-0.39, 0.29) is 48.6 Å². The number of ether oxygens (including phenoxy) is 1. The van der Waals surface area contributed by atoms with Gasteiger partial charge in [-0.3, -0.25) is 19.2 Å². The Balaban J connectivity index is 2.01. The molecule has 11 nitrogen and oxygen atoms in total. The van der Waals surface area contributed by atoms with Gasteiger partial charge in [-0.15, -0.1) is 0 Å². The number of anilines is 2. The first-order valence-electron chi connectivity index (χ1n) is 8.54. The standard InChI is InChI=1S/C14H24N6O5S/c1-2-25-13-11(20(21)22)12(18-7-9-26(23,24)10-8-18)16-14(17-13)19-5-3-15-4-6-19/h15,23-24H,2-10H2,1H3. The van der Waals surface area contributed by atoms with Crippen LogP contribution in [0.2, 0.25) is 0 Å². The van der Waals surface area contributed by atoms with Crippen molar-refractivity contribution in [3.63, 3.8) is 0 Å². The van der Waals surface area contributed by atoms with Gasteiger partial charge in [0.15, 0.2) is 0 Å². The molecule has 2 saturated heterocycles. The molecule has 2 aliphatic rings. The SMILES string of the molecule is CCOc1nc(N2CCNCC2)nc(N2CCS(O)(O)CC2)c1[N+](=O)[O-]. The maximum absolute atomic E-state index is 11.7. The summed E-state index contributed by atoms with van der Waals surface area (Å²) in [5.41, 5.74) is -0.274. The fourth-order valence-electron chi connectivity index (χ4n) is 2.97. The van der Waals surface area contributed by atoms with E-state index in [4.69, 9.17) is 4.74 Å². The number of rotatable bonds is 5. The van der Waals surface area contributed by atoms with Gasteiger partial charge in [0.05, 0.1) is 23.0 Å². The van der Waals surface area contributed by atoms with E-state index in [0.717, 1.165) is 13.1 Å². The number of piperazine rings is 1. The topological polar surface area (TPSA) is 137 Å². The molecule has 12 heteroatoms. The van der Waals surface area contributed by atoms with E-state index < -0.39 is 15.5 Å². The number of nitro groups is 1. The van der Waals surface area contributed by atoms with Gasteiger partial charge in [0.2, 0.25) is 11.8 Å². The van der Waals surface area contributed by atoms with Gasteiger partial charge in [0, 0.05) is 39.3 Å². The molecule has 0 bridgehead atoms. The lowest BCUT2D eigenvalue weighted by Gasteiger charge is -2.41. The average molecular weight is 388 g/mol. The maximum atomic E-state index is 11.7. The molecule has 0 aromatic carbocycles. The van der Waals surface area contributed by atoms with Gasteiger partial charge in [-0.1, -0.05) is 0 Å². The number of nitrogens with one attached hydrogen (secondary N) is 1. The molecule has 0 saturated carbocycles. The average Bonchev–Trinajstić information content (AvgIpc) is 2.62. The second kappa shape index (κ2) is 7.78. The number of aromatic nitrogens is 2. The minimum atomic E-state index is -2.61. The van der Waals surface area contributed by atoms with Gasteiger partial charge in [-0.25, -0.2) is 0 Å². The summed E-state index contributed by atoms with van der Waals surface area (Å²) in [7, 11) is -2.61. The molecule has 2 aliphatic heterocycles. The summed E-state index contributed by atoms with van der Waals surface area (Å²) in [5.74, 6) is 0.861. The molecule has 3 heterocycles. The molecule has 146 valence electrons. The highest BCUT2D eigenvalue weighted by molar-refractivity contribution is 8.24. The van der Waals surface area contributed by atoms with Crippen LogP contribution in [0.3, 0.4) is 0 Å². The zero-order valence-corrected chi connectivity index (χ0v) is 15.4. The van der Waals surface area contributed by atoms with Crippen LogP contribution in [0.25, 0.3) is 0 Å². The Morgan fingerprint density at radius 2 is 1.85 bits per heavy atom. The summed E-state index contributed by atoms with van der Waals surface area (Å²) in [6.07, 6.45) is 0. The zero-order valence-electron chi connectivity index (χ0n) is 14.6.